The number of benzene rings is 2. The number of carbonyl (C=O) groups is 1. The van der Waals surface area contributed by atoms with Crippen molar-refractivity contribution < 1.29 is 9.53 Å². The molecule has 5 heteroatoms. The van der Waals surface area contributed by atoms with Crippen molar-refractivity contribution in [2.75, 3.05) is 0 Å². The molecular weight excluding hydrogens is 398 g/mol. The van der Waals surface area contributed by atoms with Gasteiger partial charge in [0.1, 0.15) is 5.75 Å². The number of rotatable bonds is 8. The predicted molar refractivity (Wildman–Crippen MR) is 126 cm³/mol. The predicted octanol–water partition coefficient (Wildman–Crippen LogP) is 5.70. The van der Waals surface area contributed by atoms with Gasteiger partial charge in [0, 0.05) is 48.0 Å². The summed E-state index contributed by atoms with van der Waals surface area (Å²) < 4.78 is 7.81. The largest absolute Gasteiger partial charge is 0.412 e. The van der Waals surface area contributed by atoms with E-state index < -0.39 is 0 Å². The molecule has 1 amide bonds. The number of aryl methyl sites for hydroxylation is 2. The van der Waals surface area contributed by atoms with Crippen molar-refractivity contribution in [3.05, 3.63) is 96.4 Å². The first-order valence-electron chi connectivity index (χ1n) is 11.3. The molecule has 5 rings (SSSR count). The van der Waals surface area contributed by atoms with E-state index in [9.17, 15) is 4.79 Å². The van der Waals surface area contributed by atoms with E-state index in [1.807, 2.05) is 48.8 Å². The molecule has 1 N–H and O–H groups in total. The second-order valence-corrected chi connectivity index (χ2v) is 8.44. The normalized spacial score (nSPS) is 17.2. The maximum Gasteiger partial charge on any atom is 0.412 e. The van der Waals surface area contributed by atoms with Gasteiger partial charge in [0.05, 0.1) is 0 Å². The molecule has 162 valence electrons. The Labute approximate surface area is 188 Å². The van der Waals surface area contributed by atoms with Gasteiger partial charge in [0.2, 0.25) is 0 Å². The molecule has 0 spiro atoms. The fourth-order valence-corrected chi connectivity index (χ4v) is 4.31. The summed E-state index contributed by atoms with van der Waals surface area (Å²) >= 11 is 0. The van der Waals surface area contributed by atoms with Crippen molar-refractivity contribution in [3.8, 4) is 5.75 Å². The average Bonchev–Trinajstić information content (AvgIpc) is 3.47. The number of nitrogens with zero attached hydrogens (tertiary/aromatic N) is 2. The van der Waals surface area contributed by atoms with Gasteiger partial charge in [-0.25, -0.2) is 4.79 Å². The molecule has 0 saturated heterocycles. The molecule has 2 atom stereocenters. The van der Waals surface area contributed by atoms with E-state index in [0.29, 0.717) is 11.7 Å². The number of fused-ring (bicyclic) bond motifs is 1. The van der Waals surface area contributed by atoms with Gasteiger partial charge in [-0.05, 0) is 73.2 Å². The fraction of sp³-hybridized carbons (Fsp3) is 0.259. The maximum atomic E-state index is 12.3. The summed E-state index contributed by atoms with van der Waals surface area (Å²) in [5, 5.41) is 4.06. The Bertz CT molecular complexity index is 1190. The lowest BCUT2D eigenvalue weighted by Crippen LogP contribution is -2.29. The monoisotopic (exact) mass is 425 g/mol. The molecule has 0 bridgehead atoms. The van der Waals surface area contributed by atoms with Gasteiger partial charge < -0.3 is 14.6 Å². The second-order valence-electron chi connectivity index (χ2n) is 8.44. The highest BCUT2D eigenvalue weighted by molar-refractivity contribution is 5.83. The minimum atomic E-state index is -0.386. The quantitative estimate of drug-likeness (QED) is 0.368. The van der Waals surface area contributed by atoms with Gasteiger partial charge in [0.15, 0.2) is 0 Å². The zero-order chi connectivity index (χ0) is 21.8. The van der Waals surface area contributed by atoms with Crippen molar-refractivity contribution >= 4 is 17.0 Å². The number of unbranched alkanes of at least 4 members (excludes halogenated alkanes) is 1. The Hall–Kier alpha value is -3.60. The zero-order valence-corrected chi connectivity index (χ0v) is 18.0. The number of hydrogen-bond acceptors (Lipinski definition) is 3. The van der Waals surface area contributed by atoms with Crippen molar-refractivity contribution in [1.29, 1.82) is 0 Å². The third-order valence-corrected chi connectivity index (χ3v) is 6.14. The lowest BCUT2D eigenvalue weighted by atomic mass is 10.1. The average molecular weight is 426 g/mol. The Morgan fingerprint density at radius 2 is 1.88 bits per heavy atom. The van der Waals surface area contributed by atoms with E-state index in [1.165, 1.54) is 11.1 Å². The molecular formula is C27H27N3O2. The molecule has 32 heavy (non-hydrogen) atoms. The lowest BCUT2D eigenvalue weighted by Gasteiger charge is -2.08. The maximum absolute atomic E-state index is 12.3. The van der Waals surface area contributed by atoms with E-state index in [2.05, 4.69) is 51.4 Å². The van der Waals surface area contributed by atoms with Crippen LogP contribution >= 0.6 is 0 Å². The summed E-state index contributed by atoms with van der Waals surface area (Å²) in [6, 6.07) is 22.5. The standard InChI is InChI=1S/C27H27N3O2/c31-27(29-25-19-24(25)21-7-2-1-3-8-21)32-23-9-10-26-22(18-23)13-17-30(26)16-5-4-6-20-11-14-28-15-12-20/h1-3,7-15,17-18,24-25H,4-6,16,19H2,(H,29,31). The van der Waals surface area contributed by atoms with Gasteiger partial charge >= 0.3 is 6.09 Å². The molecule has 1 aliphatic carbocycles. The highest BCUT2D eigenvalue weighted by Gasteiger charge is 2.39. The lowest BCUT2D eigenvalue weighted by molar-refractivity contribution is 0.200. The molecule has 0 aliphatic heterocycles. The SMILES string of the molecule is O=C(NC1CC1c1ccccc1)Oc1ccc2c(ccn2CCCCc2ccncc2)c1. The van der Waals surface area contributed by atoms with Crippen molar-refractivity contribution in [3.63, 3.8) is 0 Å². The Balaban J connectivity index is 1.12. The number of amides is 1. The summed E-state index contributed by atoms with van der Waals surface area (Å²) in [6.07, 6.45) is 9.69. The van der Waals surface area contributed by atoms with Crippen LogP contribution in [-0.4, -0.2) is 21.7 Å². The Morgan fingerprint density at radius 1 is 1.03 bits per heavy atom. The molecule has 2 aromatic heterocycles. The van der Waals surface area contributed by atoms with E-state index in [1.54, 1.807) is 0 Å². The summed E-state index contributed by atoms with van der Waals surface area (Å²) in [5.74, 6) is 0.959. The number of nitrogens with one attached hydrogen (secondary N) is 1. The molecule has 0 radical (unpaired) electrons. The smallest absolute Gasteiger partial charge is 0.410 e. The number of carbonyl (C=O) groups excluding carboxylic acids is 1. The first-order chi connectivity index (χ1) is 15.8. The number of ether oxygens (including phenoxy) is 1. The fourth-order valence-electron chi connectivity index (χ4n) is 4.31. The van der Waals surface area contributed by atoms with E-state index in [-0.39, 0.29) is 12.1 Å². The summed E-state index contributed by atoms with van der Waals surface area (Å²) in [7, 11) is 0. The highest BCUT2D eigenvalue weighted by atomic mass is 16.6. The zero-order valence-electron chi connectivity index (χ0n) is 18.0. The molecule has 2 heterocycles. The number of hydrogen-bond donors (Lipinski definition) is 1. The van der Waals surface area contributed by atoms with Gasteiger partial charge in [0.25, 0.3) is 0 Å². The van der Waals surface area contributed by atoms with Crippen molar-refractivity contribution in [2.45, 2.75) is 44.2 Å². The minimum Gasteiger partial charge on any atom is -0.410 e. The minimum absolute atomic E-state index is 0.155. The molecule has 2 unspecified atom stereocenters. The third kappa shape index (κ3) is 4.83. The van der Waals surface area contributed by atoms with Crippen LogP contribution in [0.15, 0.2) is 85.3 Å². The first-order valence-corrected chi connectivity index (χ1v) is 11.3. The van der Waals surface area contributed by atoms with Crippen molar-refractivity contribution in [2.24, 2.45) is 0 Å². The summed E-state index contributed by atoms with van der Waals surface area (Å²) in [6.45, 7) is 0.970. The highest BCUT2D eigenvalue weighted by Crippen LogP contribution is 2.40. The van der Waals surface area contributed by atoms with Crippen LogP contribution in [0.5, 0.6) is 5.75 Å². The molecule has 2 aromatic carbocycles. The summed E-state index contributed by atoms with van der Waals surface area (Å²) in [4.78, 5) is 16.4. The van der Waals surface area contributed by atoms with Gasteiger partial charge in [-0.3, -0.25) is 4.98 Å². The van der Waals surface area contributed by atoms with E-state index in [0.717, 1.165) is 43.1 Å². The van der Waals surface area contributed by atoms with E-state index >= 15 is 0 Å². The van der Waals surface area contributed by atoms with Crippen LogP contribution in [0.1, 0.15) is 36.3 Å². The third-order valence-electron chi connectivity index (χ3n) is 6.14. The van der Waals surface area contributed by atoms with Gasteiger partial charge in [-0.2, -0.15) is 0 Å². The Kier molecular flexibility index (Phi) is 5.88. The number of pyridine rings is 1. The topological polar surface area (TPSA) is 56.1 Å². The van der Waals surface area contributed by atoms with Crippen LogP contribution in [0, 0.1) is 0 Å². The second kappa shape index (κ2) is 9.27. The van der Waals surface area contributed by atoms with Gasteiger partial charge in [-0.1, -0.05) is 30.3 Å². The molecule has 5 nitrogen and oxygen atoms in total. The van der Waals surface area contributed by atoms with Crippen LogP contribution in [-0.2, 0) is 13.0 Å². The van der Waals surface area contributed by atoms with Crippen molar-refractivity contribution in [1.82, 2.24) is 14.9 Å². The van der Waals surface area contributed by atoms with Crippen LogP contribution in [0.25, 0.3) is 10.9 Å². The first kappa shape index (κ1) is 20.3. The Morgan fingerprint density at radius 3 is 2.72 bits per heavy atom. The molecule has 1 aliphatic rings. The molecule has 1 fully saturated rings. The van der Waals surface area contributed by atoms with Crippen LogP contribution in [0.3, 0.4) is 0 Å². The summed E-state index contributed by atoms with van der Waals surface area (Å²) in [5.41, 5.74) is 3.76. The molecule has 4 aromatic rings. The number of aromatic nitrogens is 2. The van der Waals surface area contributed by atoms with Gasteiger partial charge in [-0.15, -0.1) is 0 Å². The van der Waals surface area contributed by atoms with E-state index in [4.69, 9.17) is 4.74 Å². The molecule has 1 saturated carbocycles. The van der Waals surface area contributed by atoms with Crippen LogP contribution in [0.4, 0.5) is 4.79 Å². The van der Waals surface area contributed by atoms with Crippen LogP contribution in [0.2, 0.25) is 0 Å². The van der Waals surface area contributed by atoms with Crippen LogP contribution < -0.4 is 10.1 Å².